The van der Waals surface area contributed by atoms with Crippen molar-refractivity contribution in [2.24, 2.45) is 0 Å². The van der Waals surface area contributed by atoms with Gasteiger partial charge in [-0.1, -0.05) is 12.1 Å². The average molecular weight is 557 g/mol. The molecule has 0 fully saturated rings. The van der Waals surface area contributed by atoms with Gasteiger partial charge in [0.1, 0.15) is 0 Å². The summed E-state index contributed by atoms with van der Waals surface area (Å²) < 4.78 is 86.3. The van der Waals surface area contributed by atoms with Gasteiger partial charge in [0.2, 0.25) is 5.91 Å². The molecule has 2 aromatic rings. The molecule has 0 bridgehead atoms. The van der Waals surface area contributed by atoms with Crippen LogP contribution in [0.3, 0.4) is 0 Å². The number of ether oxygens (including phenoxy) is 1. The number of fused-ring (bicyclic) bond motifs is 3. The monoisotopic (exact) mass is 556 g/mol. The molecule has 1 aliphatic heterocycles. The first-order valence-electron chi connectivity index (χ1n) is 12.8. The molecule has 2 amide bonds. The van der Waals surface area contributed by atoms with Crippen LogP contribution in [0.4, 0.5) is 36.8 Å². The van der Waals surface area contributed by atoms with Gasteiger partial charge in [-0.15, -0.1) is 0 Å². The molecule has 0 aromatic heterocycles. The molecular formula is C28H30F6N2O3. The van der Waals surface area contributed by atoms with Gasteiger partial charge in [-0.2, -0.15) is 26.3 Å². The first-order valence-corrected chi connectivity index (χ1v) is 12.8. The van der Waals surface area contributed by atoms with Crippen LogP contribution in [0.15, 0.2) is 30.3 Å². The summed E-state index contributed by atoms with van der Waals surface area (Å²) in [6.07, 6.45) is -7.68. The fourth-order valence-electron chi connectivity index (χ4n) is 5.48. The maximum Gasteiger partial charge on any atom is 0.416 e. The quantitative estimate of drug-likeness (QED) is 0.368. The SMILES string of the molecule is CC(=O)N(Cc1cc(C(F)(F)F)cc(C(F)(F)F)c1)[C@@H]1CCCN(C(=O)OC(C)C)c2c1ccc1c2CCC1. The van der Waals surface area contributed by atoms with Gasteiger partial charge >= 0.3 is 18.4 Å². The van der Waals surface area contributed by atoms with E-state index in [1.807, 2.05) is 12.1 Å². The zero-order valence-electron chi connectivity index (χ0n) is 21.9. The Morgan fingerprint density at radius 1 is 1.00 bits per heavy atom. The number of carbonyl (C=O) groups is 2. The Morgan fingerprint density at radius 2 is 1.64 bits per heavy atom. The number of aryl methyl sites for hydroxylation is 1. The Labute approximate surface area is 222 Å². The standard InChI is InChI=1S/C28H30F6N2O3/c1-16(2)39-26(38)35-11-5-8-24(23-10-9-19-6-4-7-22(19)25(23)35)36(17(3)37)15-18-12-20(27(29,30)31)14-21(13-18)28(32,33)34/h9-10,12-14,16,24H,4-8,11,15H2,1-3H3/t24-/m1/s1. The highest BCUT2D eigenvalue weighted by molar-refractivity contribution is 5.91. The van der Waals surface area contributed by atoms with Gasteiger partial charge in [-0.05, 0) is 86.4 Å². The van der Waals surface area contributed by atoms with Crippen molar-refractivity contribution in [3.05, 3.63) is 63.7 Å². The van der Waals surface area contributed by atoms with Crippen LogP contribution in [-0.4, -0.2) is 29.5 Å². The highest BCUT2D eigenvalue weighted by Crippen LogP contribution is 2.44. The summed E-state index contributed by atoms with van der Waals surface area (Å²) in [7, 11) is 0. The van der Waals surface area contributed by atoms with Crippen LogP contribution in [0.5, 0.6) is 0 Å². The van der Waals surface area contributed by atoms with E-state index >= 15 is 0 Å². The smallest absolute Gasteiger partial charge is 0.416 e. The molecule has 2 aromatic carbocycles. The molecule has 0 saturated carbocycles. The third kappa shape index (κ3) is 6.17. The molecular weight excluding hydrogens is 526 g/mol. The lowest BCUT2D eigenvalue weighted by Crippen LogP contribution is -2.35. The number of halogens is 6. The molecule has 0 N–H and O–H groups in total. The van der Waals surface area contributed by atoms with E-state index in [1.165, 1.54) is 11.8 Å². The third-order valence-corrected chi connectivity index (χ3v) is 7.11. The highest BCUT2D eigenvalue weighted by atomic mass is 19.4. The molecule has 5 nitrogen and oxygen atoms in total. The summed E-state index contributed by atoms with van der Waals surface area (Å²) in [6, 6.07) is 4.45. The van der Waals surface area contributed by atoms with Gasteiger partial charge in [0.15, 0.2) is 0 Å². The number of amides is 2. The highest BCUT2D eigenvalue weighted by Gasteiger charge is 2.39. The molecule has 1 atom stereocenters. The largest absolute Gasteiger partial charge is 0.446 e. The van der Waals surface area contributed by atoms with Crippen LogP contribution in [-0.2, 0) is 41.3 Å². The molecule has 212 valence electrons. The lowest BCUT2D eigenvalue weighted by molar-refractivity contribution is -0.143. The van der Waals surface area contributed by atoms with Gasteiger partial charge in [-0.3, -0.25) is 9.69 Å². The zero-order valence-corrected chi connectivity index (χ0v) is 21.9. The van der Waals surface area contributed by atoms with Crippen LogP contribution >= 0.6 is 0 Å². The number of rotatable bonds is 4. The normalized spacial score (nSPS) is 17.5. The Morgan fingerprint density at radius 3 is 2.21 bits per heavy atom. The predicted molar refractivity (Wildman–Crippen MR) is 132 cm³/mol. The van der Waals surface area contributed by atoms with Crippen LogP contribution < -0.4 is 4.90 Å². The van der Waals surface area contributed by atoms with E-state index in [-0.39, 0.29) is 17.7 Å². The Bertz CT molecular complexity index is 1220. The van der Waals surface area contributed by atoms with E-state index in [0.29, 0.717) is 49.2 Å². The topological polar surface area (TPSA) is 49.9 Å². The minimum Gasteiger partial charge on any atom is -0.446 e. The maximum atomic E-state index is 13.5. The molecule has 11 heteroatoms. The van der Waals surface area contributed by atoms with Crippen LogP contribution in [0.25, 0.3) is 0 Å². The molecule has 0 unspecified atom stereocenters. The maximum absolute atomic E-state index is 13.5. The minimum atomic E-state index is -5.00. The number of alkyl halides is 6. The van der Waals surface area contributed by atoms with Gasteiger partial charge in [0, 0.05) is 20.0 Å². The lowest BCUT2D eigenvalue weighted by Gasteiger charge is -2.33. The minimum absolute atomic E-state index is 0.0735. The van der Waals surface area contributed by atoms with Crippen molar-refractivity contribution >= 4 is 17.7 Å². The van der Waals surface area contributed by atoms with Crippen LogP contribution in [0.1, 0.15) is 79.5 Å². The fourth-order valence-corrected chi connectivity index (χ4v) is 5.48. The van der Waals surface area contributed by atoms with E-state index in [0.717, 1.165) is 24.0 Å². The third-order valence-electron chi connectivity index (χ3n) is 7.11. The van der Waals surface area contributed by atoms with Crippen molar-refractivity contribution in [1.82, 2.24) is 4.90 Å². The second kappa shape index (κ2) is 10.7. The Kier molecular flexibility index (Phi) is 7.91. The number of benzene rings is 2. The number of carbonyl (C=O) groups excluding carboxylic acids is 2. The number of nitrogens with zero attached hydrogens (tertiary/aromatic N) is 2. The van der Waals surface area contributed by atoms with Gasteiger partial charge in [0.05, 0.1) is 29.0 Å². The van der Waals surface area contributed by atoms with Crippen molar-refractivity contribution in [3.63, 3.8) is 0 Å². The van der Waals surface area contributed by atoms with E-state index in [4.69, 9.17) is 4.74 Å². The first-order chi connectivity index (χ1) is 18.2. The predicted octanol–water partition coefficient (Wildman–Crippen LogP) is 7.45. The second-order valence-corrected chi connectivity index (χ2v) is 10.3. The summed E-state index contributed by atoms with van der Waals surface area (Å²) in [4.78, 5) is 28.9. The van der Waals surface area contributed by atoms with Crippen molar-refractivity contribution in [1.29, 1.82) is 0 Å². The van der Waals surface area contributed by atoms with E-state index in [1.54, 1.807) is 18.7 Å². The van der Waals surface area contributed by atoms with Crippen molar-refractivity contribution < 1.29 is 40.7 Å². The molecule has 4 rings (SSSR count). The van der Waals surface area contributed by atoms with E-state index in [9.17, 15) is 35.9 Å². The van der Waals surface area contributed by atoms with Crippen LogP contribution in [0.2, 0.25) is 0 Å². The molecule has 0 radical (unpaired) electrons. The Hall–Kier alpha value is -3.24. The zero-order chi connectivity index (χ0) is 28.7. The van der Waals surface area contributed by atoms with Gasteiger partial charge < -0.3 is 9.64 Å². The molecule has 0 spiro atoms. The van der Waals surface area contributed by atoms with Crippen molar-refractivity contribution in [3.8, 4) is 0 Å². The molecule has 2 aliphatic rings. The average Bonchev–Trinajstić information content (AvgIpc) is 3.22. The van der Waals surface area contributed by atoms with Gasteiger partial charge in [-0.25, -0.2) is 4.79 Å². The summed E-state index contributed by atoms with van der Waals surface area (Å²) in [5.41, 5.74) is 0.141. The van der Waals surface area contributed by atoms with Crippen LogP contribution in [0, 0.1) is 0 Å². The molecule has 39 heavy (non-hydrogen) atoms. The summed E-state index contributed by atoms with van der Waals surface area (Å²) >= 11 is 0. The number of anilines is 1. The fraction of sp³-hybridized carbons (Fsp3) is 0.500. The number of hydrogen-bond acceptors (Lipinski definition) is 3. The second-order valence-electron chi connectivity index (χ2n) is 10.3. The van der Waals surface area contributed by atoms with Crippen molar-refractivity contribution in [2.75, 3.05) is 11.4 Å². The molecule has 1 heterocycles. The van der Waals surface area contributed by atoms with Gasteiger partial charge in [0.25, 0.3) is 0 Å². The Balaban J connectivity index is 1.80. The van der Waals surface area contributed by atoms with E-state index < -0.39 is 48.1 Å². The molecule has 1 aliphatic carbocycles. The lowest BCUT2D eigenvalue weighted by atomic mass is 9.94. The first kappa shape index (κ1) is 28.8. The summed E-state index contributed by atoms with van der Waals surface area (Å²) in [5, 5.41) is 0. The number of hydrogen-bond donors (Lipinski definition) is 0. The summed E-state index contributed by atoms with van der Waals surface area (Å²) in [6.45, 7) is 4.55. The van der Waals surface area contributed by atoms with E-state index in [2.05, 4.69) is 0 Å². The summed E-state index contributed by atoms with van der Waals surface area (Å²) in [5.74, 6) is -0.504. The molecule has 0 saturated heterocycles. The van der Waals surface area contributed by atoms with Crippen molar-refractivity contribution in [2.45, 2.75) is 83.9 Å².